The second-order valence-corrected chi connectivity index (χ2v) is 6.52. The molecule has 1 aromatic heterocycles. The summed E-state index contributed by atoms with van der Waals surface area (Å²) in [4.78, 5) is 16.4. The van der Waals surface area contributed by atoms with E-state index in [0.717, 1.165) is 19.4 Å². The fraction of sp³-hybridized carbons (Fsp3) is 0.500. The molecule has 0 saturated carbocycles. The molecule has 0 amide bonds. The van der Waals surface area contributed by atoms with Crippen molar-refractivity contribution in [3.63, 3.8) is 0 Å². The standard InChI is InChI=1S/C16H19N3O2/c1-18-8-10(9-19(20)21)5-13-12-3-2-4-14-16(12)11(7-17-14)6-15(13)18/h2-4,7,10,13,15,17H,5-6,8-9H2,1H3/t10?,13-,15-/m1/s1. The molecule has 4 rings (SSSR count). The molecule has 0 bridgehead atoms. The summed E-state index contributed by atoms with van der Waals surface area (Å²) in [6.45, 7) is 0.918. The first kappa shape index (κ1) is 12.8. The van der Waals surface area contributed by atoms with Crippen molar-refractivity contribution < 1.29 is 4.92 Å². The molecule has 2 heterocycles. The number of nitro groups is 1. The minimum atomic E-state index is -0.163. The lowest BCUT2D eigenvalue weighted by Crippen LogP contribution is -2.49. The predicted octanol–water partition coefficient (Wildman–Crippen LogP) is 2.40. The van der Waals surface area contributed by atoms with Crippen LogP contribution in [0, 0.1) is 16.0 Å². The van der Waals surface area contributed by atoms with Gasteiger partial charge in [-0.2, -0.15) is 0 Å². The highest BCUT2D eigenvalue weighted by Gasteiger charge is 2.40. The van der Waals surface area contributed by atoms with Crippen molar-refractivity contribution in [3.05, 3.63) is 45.6 Å². The third-order valence-electron chi connectivity index (χ3n) is 5.22. The number of hydrogen-bond acceptors (Lipinski definition) is 3. The topological polar surface area (TPSA) is 62.2 Å². The highest BCUT2D eigenvalue weighted by atomic mass is 16.6. The van der Waals surface area contributed by atoms with E-state index in [0.29, 0.717) is 12.0 Å². The largest absolute Gasteiger partial charge is 0.361 e. The number of likely N-dealkylation sites (tertiary alicyclic amines) is 1. The van der Waals surface area contributed by atoms with Crippen LogP contribution in [0.3, 0.4) is 0 Å². The third kappa shape index (κ3) is 1.95. The van der Waals surface area contributed by atoms with Crippen LogP contribution in [0.2, 0.25) is 0 Å². The van der Waals surface area contributed by atoms with Crippen molar-refractivity contribution in [3.8, 4) is 0 Å². The van der Waals surface area contributed by atoms with Crippen molar-refractivity contribution in [1.82, 2.24) is 9.88 Å². The summed E-state index contributed by atoms with van der Waals surface area (Å²) in [5.41, 5.74) is 3.96. The average molecular weight is 285 g/mol. The van der Waals surface area contributed by atoms with E-state index >= 15 is 0 Å². The molecule has 5 nitrogen and oxygen atoms in total. The number of H-pyrrole nitrogens is 1. The predicted molar refractivity (Wildman–Crippen MR) is 81.1 cm³/mol. The molecule has 2 aromatic rings. The lowest BCUT2D eigenvalue weighted by Gasteiger charge is -2.44. The number of hydrogen-bond donors (Lipinski definition) is 1. The lowest BCUT2D eigenvalue weighted by molar-refractivity contribution is -0.489. The fourth-order valence-electron chi connectivity index (χ4n) is 4.40. The van der Waals surface area contributed by atoms with Crippen LogP contribution in [0.15, 0.2) is 24.4 Å². The Morgan fingerprint density at radius 3 is 3.14 bits per heavy atom. The van der Waals surface area contributed by atoms with E-state index in [-0.39, 0.29) is 17.4 Å². The molecule has 3 atom stereocenters. The Balaban J connectivity index is 1.76. The van der Waals surface area contributed by atoms with Crippen molar-refractivity contribution in [2.75, 3.05) is 20.1 Å². The third-order valence-corrected chi connectivity index (χ3v) is 5.22. The Kier molecular flexibility index (Phi) is 2.79. The molecule has 1 aliphatic carbocycles. The molecule has 2 aliphatic rings. The van der Waals surface area contributed by atoms with Gasteiger partial charge < -0.3 is 9.88 Å². The molecule has 0 spiro atoms. The van der Waals surface area contributed by atoms with Crippen LogP contribution in [0.5, 0.6) is 0 Å². The van der Waals surface area contributed by atoms with E-state index in [9.17, 15) is 10.1 Å². The number of fused-ring (bicyclic) bond motifs is 2. The smallest absolute Gasteiger partial charge is 0.207 e. The second-order valence-electron chi connectivity index (χ2n) is 6.52. The summed E-state index contributed by atoms with van der Waals surface area (Å²) in [5, 5.41) is 12.2. The Bertz CT molecular complexity index is 709. The summed E-state index contributed by atoms with van der Waals surface area (Å²) in [5.74, 6) is 0.572. The maximum absolute atomic E-state index is 10.9. The molecule has 1 aliphatic heterocycles. The maximum Gasteiger partial charge on any atom is 0.207 e. The molecule has 5 heteroatoms. The Labute approximate surface area is 123 Å². The van der Waals surface area contributed by atoms with Gasteiger partial charge in [0, 0.05) is 46.4 Å². The van der Waals surface area contributed by atoms with E-state index < -0.39 is 0 Å². The molecule has 21 heavy (non-hydrogen) atoms. The van der Waals surface area contributed by atoms with Crippen LogP contribution in [0.1, 0.15) is 23.5 Å². The summed E-state index contributed by atoms with van der Waals surface area (Å²) in [6, 6.07) is 6.89. The van der Waals surface area contributed by atoms with Gasteiger partial charge in [-0.15, -0.1) is 0 Å². The molecule has 1 aromatic carbocycles. The quantitative estimate of drug-likeness (QED) is 0.681. The second kappa shape index (κ2) is 4.56. The maximum atomic E-state index is 10.9. The van der Waals surface area contributed by atoms with Gasteiger partial charge >= 0.3 is 0 Å². The number of benzene rings is 1. The number of rotatable bonds is 2. The van der Waals surface area contributed by atoms with Gasteiger partial charge in [0.15, 0.2) is 0 Å². The molecular weight excluding hydrogens is 266 g/mol. The summed E-state index contributed by atoms with van der Waals surface area (Å²) in [6.07, 6.45) is 4.10. The average Bonchev–Trinajstić information content (AvgIpc) is 2.84. The van der Waals surface area contributed by atoms with Crippen molar-refractivity contribution in [1.29, 1.82) is 0 Å². The van der Waals surface area contributed by atoms with Gasteiger partial charge in [0.2, 0.25) is 6.54 Å². The van der Waals surface area contributed by atoms with Crippen molar-refractivity contribution in [2.24, 2.45) is 5.92 Å². The van der Waals surface area contributed by atoms with E-state index in [1.165, 1.54) is 22.0 Å². The first-order valence-electron chi connectivity index (χ1n) is 7.54. The van der Waals surface area contributed by atoms with E-state index in [1.54, 1.807) is 0 Å². The lowest BCUT2D eigenvalue weighted by atomic mass is 9.72. The zero-order valence-corrected chi connectivity index (χ0v) is 12.1. The van der Waals surface area contributed by atoms with Gasteiger partial charge in [0.25, 0.3) is 0 Å². The molecule has 0 radical (unpaired) electrons. The molecular formula is C16H19N3O2. The van der Waals surface area contributed by atoms with Crippen molar-refractivity contribution in [2.45, 2.75) is 24.8 Å². The van der Waals surface area contributed by atoms with Gasteiger partial charge in [-0.3, -0.25) is 10.1 Å². The van der Waals surface area contributed by atoms with E-state index in [2.05, 4.69) is 41.3 Å². The van der Waals surface area contributed by atoms with E-state index in [4.69, 9.17) is 0 Å². The van der Waals surface area contributed by atoms with Gasteiger partial charge in [-0.1, -0.05) is 12.1 Å². The number of aromatic nitrogens is 1. The summed E-state index contributed by atoms with van der Waals surface area (Å²) in [7, 11) is 2.11. The van der Waals surface area contributed by atoms with Crippen LogP contribution < -0.4 is 0 Å². The fourth-order valence-corrected chi connectivity index (χ4v) is 4.40. The minimum Gasteiger partial charge on any atom is -0.361 e. The molecule has 1 fully saturated rings. The zero-order valence-electron chi connectivity index (χ0n) is 12.1. The van der Waals surface area contributed by atoms with Crippen LogP contribution in [-0.2, 0) is 6.42 Å². The SMILES string of the molecule is CN1CC(C[N+](=O)[O-])C[C@@H]2c3cccc4[nH]cc(c34)C[C@H]21. The number of nitrogens with zero attached hydrogens (tertiary/aromatic N) is 2. The van der Waals surface area contributed by atoms with Crippen LogP contribution in [0.25, 0.3) is 10.9 Å². The summed E-state index contributed by atoms with van der Waals surface area (Å²) >= 11 is 0. The van der Waals surface area contributed by atoms with Gasteiger partial charge in [0.05, 0.1) is 0 Å². The first-order valence-corrected chi connectivity index (χ1v) is 7.54. The Hall–Kier alpha value is -1.88. The Morgan fingerprint density at radius 1 is 1.48 bits per heavy atom. The van der Waals surface area contributed by atoms with Crippen LogP contribution in [0.4, 0.5) is 0 Å². The minimum absolute atomic E-state index is 0.0868. The van der Waals surface area contributed by atoms with Crippen LogP contribution in [-0.4, -0.2) is 41.0 Å². The van der Waals surface area contributed by atoms with Gasteiger partial charge in [-0.25, -0.2) is 0 Å². The van der Waals surface area contributed by atoms with Crippen LogP contribution >= 0.6 is 0 Å². The normalized spacial score (nSPS) is 28.5. The number of nitrogens with one attached hydrogen (secondary N) is 1. The van der Waals surface area contributed by atoms with Gasteiger partial charge in [-0.05, 0) is 37.1 Å². The Morgan fingerprint density at radius 2 is 2.33 bits per heavy atom. The summed E-state index contributed by atoms with van der Waals surface area (Å²) < 4.78 is 0. The van der Waals surface area contributed by atoms with Gasteiger partial charge in [0.1, 0.15) is 0 Å². The number of likely N-dealkylation sites (N-methyl/N-ethyl adjacent to an activating group) is 1. The number of aromatic amines is 1. The monoisotopic (exact) mass is 285 g/mol. The zero-order chi connectivity index (χ0) is 14.6. The van der Waals surface area contributed by atoms with E-state index in [1.807, 2.05) is 0 Å². The highest BCUT2D eigenvalue weighted by molar-refractivity contribution is 5.88. The molecule has 110 valence electrons. The molecule has 1 saturated heterocycles. The number of piperidine rings is 1. The highest BCUT2D eigenvalue weighted by Crippen LogP contribution is 2.44. The van der Waals surface area contributed by atoms with Crippen molar-refractivity contribution >= 4 is 10.9 Å². The molecule has 1 N–H and O–H groups in total. The molecule has 1 unspecified atom stereocenters. The first-order chi connectivity index (χ1) is 10.1.